The minimum atomic E-state index is 0.140. The third-order valence-electron chi connectivity index (χ3n) is 5.10. The number of ether oxygens (including phenoxy) is 3. The van der Waals surface area contributed by atoms with E-state index in [2.05, 4.69) is 34.3 Å². The topological polar surface area (TPSA) is 55.3 Å². The molecule has 0 bridgehead atoms. The lowest BCUT2D eigenvalue weighted by molar-refractivity contribution is -0.0816. The van der Waals surface area contributed by atoms with Crippen molar-refractivity contribution in [3.63, 3.8) is 0 Å². The van der Waals surface area contributed by atoms with Crippen LogP contribution >= 0.6 is 0 Å². The zero-order chi connectivity index (χ0) is 18.4. The fourth-order valence-electron chi connectivity index (χ4n) is 3.73. The van der Waals surface area contributed by atoms with Gasteiger partial charge in [0.1, 0.15) is 11.9 Å². The fourth-order valence-corrected chi connectivity index (χ4v) is 3.73. The van der Waals surface area contributed by atoms with Crippen molar-refractivity contribution in [1.29, 1.82) is 0 Å². The van der Waals surface area contributed by atoms with Gasteiger partial charge in [-0.3, -0.25) is 4.99 Å². The number of morpholine rings is 1. The van der Waals surface area contributed by atoms with Crippen molar-refractivity contribution < 1.29 is 14.2 Å². The van der Waals surface area contributed by atoms with Gasteiger partial charge in [0.2, 0.25) is 0 Å². The van der Waals surface area contributed by atoms with Gasteiger partial charge in [-0.15, -0.1) is 0 Å². The molecule has 1 N–H and O–H groups in total. The van der Waals surface area contributed by atoms with E-state index in [0.29, 0.717) is 0 Å². The maximum Gasteiger partial charge on any atom is 0.193 e. The van der Waals surface area contributed by atoms with Gasteiger partial charge in [-0.1, -0.05) is 17.7 Å². The molecule has 2 aliphatic rings. The summed E-state index contributed by atoms with van der Waals surface area (Å²) in [7, 11) is 3.56. The second-order valence-electron chi connectivity index (χ2n) is 6.95. The van der Waals surface area contributed by atoms with E-state index in [1.165, 1.54) is 11.1 Å². The number of aryl methyl sites for hydroxylation is 1. The summed E-state index contributed by atoms with van der Waals surface area (Å²) in [6, 6.07) is 6.30. The predicted octanol–water partition coefficient (Wildman–Crippen LogP) is 2.00. The number of nitrogens with zero attached hydrogens (tertiary/aromatic N) is 2. The highest BCUT2D eigenvalue weighted by Gasteiger charge is 2.32. The van der Waals surface area contributed by atoms with Crippen LogP contribution in [0.1, 0.15) is 24.0 Å². The summed E-state index contributed by atoms with van der Waals surface area (Å²) in [4.78, 5) is 6.75. The highest BCUT2D eigenvalue weighted by molar-refractivity contribution is 5.80. The Bertz CT molecular complexity index is 614. The second kappa shape index (κ2) is 9.24. The Labute approximate surface area is 156 Å². The molecule has 26 heavy (non-hydrogen) atoms. The lowest BCUT2D eigenvalue weighted by Crippen LogP contribution is -2.53. The monoisotopic (exact) mass is 361 g/mol. The van der Waals surface area contributed by atoms with Crippen LogP contribution in [0.15, 0.2) is 23.2 Å². The van der Waals surface area contributed by atoms with Gasteiger partial charge in [-0.2, -0.15) is 0 Å². The van der Waals surface area contributed by atoms with E-state index < -0.39 is 0 Å². The van der Waals surface area contributed by atoms with E-state index in [4.69, 9.17) is 14.2 Å². The molecular formula is C20H31N3O3. The Hall–Kier alpha value is -1.79. The quantitative estimate of drug-likeness (QED) is 0.642. The lowest BCUT2D eigenvalue weighted by atomic mass is 10.1. The van der Waals surface area contributed by atoms with Gasteiger partial charge < -0.3 is 24.4 Å². The van der Waals surface area contributed by atoms with Crippen molar-refractivity contribution in [3.8, 4) is 5.75 Å². The van der Waals surface area contributed by atoms with E-state index in [9.17, 15) is 0 Å². The largest absolute Gasteiger partial charge is 0.496 e. The van der Waals surface area contributed by atoms with Crippen LogP contribution in [0.2, 0.25) is 0 Å². The number of benzene rings is 1. The molecule has 2 unspecified atom stereocenters. The minimum Gasteiger partial charge on any atom is -0.496 e. The van der Waals surface area contributed by atoms with Gasteiger partial charge in [0, 0.05) is 33.3 Å². The number of hydrogen-bond donors (Lipinski definition) is 1. The Morgan fingerprint density at radius 3 is 2.88 bits per heavy atom. The highest BCUT2D eigenvalue weighted by Crippen LogP contribution is 2.21. The first-order valence-electron chi connectivity index (χ1n) is 9.53. The molecule has 144 valence electrons. The molecule has 0 radical (unpaired) electrons. The summed E-state index contributed by atoms with van der Waals surface area (Å²) in [5.41, 5.74) is 2.47. The SMILES string of the molecule is CN=C(NCCc1cc(C)ccc1OC)N1CCOC(C2CCCO2)C1. The molecule has 0 amide bonds. The van der Waals surface area contributed by atoms with Crippen LogP contribution in [0.4, 0.5) is 0 Å². The normalized spacial score (nSPS) is 24.0. The predicted molar refractivity (Wildman–Crippen MR) is 103 cm³/mol. The number of guanidine groups is 1. The summed E-state index contributed by atoms with van der Waals surface area (Å²) in [5, 5.41) is 3.49. The second-order valence-corrected chi connectivity index (χ2v) is 6.95. The van der Waals surface area contributed by atoms with E-state index in [0.717, 1.165) is 63.8 Å². The van der Waals surface area contributed by atoms with Crippen LogP contribution in [0, 0.1) is 6.92 Å². The molecule has 3 rings (SSSR count). The fraction of sp³-hybridized carbons (Fsp3) is 0.650. The molecule has 6 nitrogen and oxygen atoms in total. The zero-order valence-corrected chi connectivity index (χ0v) is 16.2. The van der Waals surface area contributed by atoms with Gasteiger partial charge in [0.05, 0.1) is 19.8 Å². The number of methoxy groups -OCH3 is 1. The van der Waals surface area contributed by atoms with Crippen LogP contribution in [-0.4, -0.2) is 70.1 Å². The van der Waals surface area contributed by atoms with Crippen molar-refractivity contribution in [2.24, 2.45) is 4.99 Å². The smallest absolute Gasteiger partial charge is 0.193 e. The third-order valence-corrected chi connectivity index (χ3v) is 5.10. The van der Waals surface area contributed by atoms with Crippen molar-refractivity contribution in [3.05, 3.63) is 29.3 Å². The lowest BCUT2D eigenvalue weighted by Gasteiger charge is -2.37. The molecule has 2 saturated heterocycles. The molecule has 2 fully saturated rings. The summed E-state index contributed by atoms with van der Waals surface area (Å²) in [6.07, 6.45) is 3.49. The minimum absolute atomic E-state index is 0.140. The first kappa shape index (κ1) is 19.0. The molecule has 0 aromatic heterocycles. The maximum absolute atomic E-state index is 5.94. The van der Waals surface area contributed by atoms with Gasteiger partial charge in [0.25, 0.3) is 0 Å². The Morgan fingerprint density at radius 1 is 1.31 bits per heavy atom. The van der Waals surface area contributed by atoms with Gasteiger partial charge in [-0.05, 0) is 37.8 Å². The molecule has 6 heteroatoms. The van der Waals surface area contributed by atoms with Gasteiger partial charge in [-0.25, -0.2) is 0 Å². The number of rotatable bonds is 5. The zero-order valence-electron chi connectivity index (χ0n) is 16.2. The van der Waals surface area contributed by atoms with Crippen molar-refractivity contribution >= 4 is 5.96 Å². The van der Waals surface area contributed by atoms with Gasteiger partial charge >= 0.3 is 0 Å². The summed E-state index contributed by atoms with van der Waals surface area (Å²) in [5.74, 6) is 1.88. The van der Waals surface area contributed by atoms with E-state index in [-0.39, 0.29) is 12.2 Å². The first-order valence-corrected chi connectivity index (χ1v) is 9.53. The van der Waals surface area contributed by atoms with Crippen LogP contribution in [0.5, 0.6) is 5.75 Å². The molecule has 1 aromatic rings. The standard InChI is InChI=1S/C20H31N3O3/c1-15-6-7-17(24-3)16(13-15)8-9-22-20(21-2)23-10-12-26-19(14-23)18-5-4-11-25-18/h6-7,13,18-19H,4-5,8-12,14H2,1-3H3,(H,21,22). The maximum atomic E-state index is 5.94. The summed E-state index contributed by atoms with van der Waals surface area (Å²) in [6.45, 7) is 6.18. The molecule has 0 saturated carbocycles. The van der Waals surface area contributed by atoms with E-state index >= 15 is 0 Å². The average Bonchev–Trinajstić information content (AvgIpc) is 3.20. The summed E-state index contributed by atoms with van der Waals surface area (Å²) >= 11 is 0. The van der Waals surface area contributed by atoms with Crippen LogP contribution in [-0.2, 0) is 15.9 Å². The highest BCUT2D eigenvalue weighted by atomic mass is 16.5. The first-order chi connectivity index (χ1) is 12.7. The van der Waals surface area contributed by atoms with Crippen LogP contribution in [0.3, 0.4) is 0 Å². The molecule has 1 aromatic carbocycles. The van der Waals surface area contributed by atoms with Crippen molar-refractivity contribution in [2.45, 2.75) is 38.4 Å². The van der Waals surface area contributed by atoms with Gasteiger partial charge in [0.15, 0.2) is 5.96 Å². The Balaban J connectivity index is 1.54. The molecule has 2 aliphatic heterocycles. The Morgan fingerprint density at radius 2 is 2.15 bits per heavy atom. The molecular weight excluding hydrogens is 330 g/mol. The Kier molecular flexibility index (Phi) is 6.74. The van der Waals surface area contributed by atoms with E-state index in [1.807, 2.05) is 13.1 Å². The number of aliphatic imine (C=N–C) groups is 1. The molecule has 0 spiro atoms. The van der Waals surface area contributed by atoms with Crippen molar-refractivity contribution in [2.75, 3.05) is 47.0 Å². The summed E-state index contributed by atoms with van der Waals surface area (Å²) < 4.78 is 17.2. The van der Waals surface area contributed by atoms with Crippen molar-refractivity contribution in [1.82, 2.24) is 10.2 Å². The third kappa shape index (κ3) is 4.68. The molecule has 2 atom stereocenters. The van der Waals surface area contributed by atoms with Crippen LogP contribution in [0.25, 0.3) is 0 Å². The van der Waals surface area contributed by atoms with E-state index in [1.54, 1.807) is 7.11 Å². The number of hydrogen-bond acceptors (Lipinski definition) is 4. The molecule has 2 heterocycles. The van der Waals surface area contributed by atoms with Crippen LogP contribution < -0.4 is 10.1 Å². The average molecular weight is 361 g/mol. The molecule has 0 aliphatic carbocycles. The number of nitrogens with one attached hydrogen (secondary N) is 1.